The van der Waals surface area contributed by atoms with Crippen molar-refractivity contribution in [2.75, 3.05) is 32.8 Å². The molecule has 0 aliphatic carbocycles. The molecule has 3 nitrogen and oxygen atoms in total. The molecular formula is C16H26ClNO2S. The van der Waals surface area contributed by atoms with Crippen molar-refractivity contribution in [3.8, 4) is 11.5 Å². The van der Waals surface area contributed by atoms with Gasteiger partial charge in [-0.05, 0) is 49.1 Å². The number of benzene rings is 1. The highest BCUT2D eigenvalue weighted by Gasteiger charge is 2.10. The fraction of sp³-hybridized carbons (Fsp3) is 0.625. The van der Waals surface area contributed by atoms with Gasteiger partial charge in [-0.1, -0.05) is 24.4 Å². The molecule has 0 spiro atoms. The van der Waals surface area contributed by atoms with Crippen molar-refractivity contribution in [3.05, 3.63) is 22.7 Å². The summed E-state index contributed by atoms with van der Waals surface area (Å²) in [7, 11) is 3.22. The van der Waals surface area contributed by atoms with Crippen molar-refractivity contribution in [2.45, 2.75) is 32.2 Å². The molecule has 0 bridgehead atoms. The molecule has 0 aromatic heterocycles. The summed E-state index contributed by atoms with van der Waals surface area (Å²) in [4.78, 5) is 0. The van der Waals surface area contributed by atoms with Gasteiger partial charge in [0.1, 0.15) is 0 Å². The Morgan fingerprint density at radius 3 is 2.52 bits per heavy atom. The van der Waals surface area contributed by atoms with Gasteiger partial charge in [-0.2, -0.15) is 11.8 Å². The predicted molar refractivity (Wildman–Crippen MR) is 93.1 cm³/mol. The van der Waals surface area contributed by atoms with Crippen molar-refractivity contribution in [1.29, 1.82) is 0 Å². The number of thioether (sulfide) groups is 1. The van der Waals surface area contributed by atoms with Crippen LogP contribution in [0.3, 0.4) is 0 Å². The summed E-state index contributed by atoms with van der Waals surface area (Å²) in [6, 6.07) is 3.89. The van der Waals surface area contributed by atoms with Gasteiger partial charge in [0.2, 0.25) is 0 Å². The van der Waals surface area contributed by atoms with Crippen LogP contribution in [0.1, 0.15) is 31.2 Å². The molecule has 0 atom stereocenters. The Balaban J connectivity index is 2.31. The predicted octanol–water partition coefficient (Wildman–Crippen LogP) is 4.37. The van der Waals surface area contributed by atoms with E-state index in [0.717, 1.165) is 18.7 Å². The first kappa shape index (κ1) is 18.5. The molecule has 1 aromatic carbocycles. The van der Waals surface area contributed by atoms with E-state index in [-0.39, 0.29) is 0 Å². The van der Waals surface area contributed by atoms with Crippen molar-refractivity contribution in [2.24, 2.45) is 0 Å². The van der Waals surface area contributed by atoms with Crippen LogP contribution < -0.4 is 14.8 Å². The summed E-state index contributed by atoms with van der Waals surface area (Å²) in [5.74, 6) is 2.55. The van der Waals surface area contributed by atoms with Crippen molar-refractivity contribution < 1.29 is 9.47 Å². The highest BCUT2D eigenvalue weighted by atomic mass is 35.5. The fourth-order valence-electron chi connectivity index (χ4n) is 2.16. The quantitative estimate of drug-likeness (QED) is 0.610. The number of unbranched alkanes of at least 4 members (excludes halogenated alkanes) is 3. The summed E-state index contributed by atoms with van der Waals surface area (Å²) in [6.45, 7) is 1.83. The van der Waals surface area contributed by atoms with Gasteiger partial charge < -0.3 is 14.8 Å². The van der Waals surface area contributed by atoms with E-state index in [2.05, 4.69) is 11.6 Å². The first-order chi connectivity index (χ1) is 10.2. The third kappa shape index (κ3) is 6.81. The molecule has 0 radical (unpaired) electrons. The molecule has 120 valence electrons. The van der Waals surface area contributed by atoms with E-state index in [1.165, 1.54) is 31.4 Å². The first-order valence-corrected chi connectivity index (χ1v) is 9.10. The van der Waals surface area contributed by atoms with Crippen LogP contribution in [0.5, 0.6) is 11.5 Å². The molecule has 0 saturated carbocycles. The molecule has 1 N–H and O–H groups in total. The van der Waals surface area contributed by atoms with Crippen LogP contribution in [0.4, 0.5) is 0 Å². The topological polar surface area (TPSA) is 30.5 Å². The minimum Gasteiger partial charge on any atom is -0.493 e. The normalized spacial score (nSPS) is 10.7. The molecular weight excluding hydrogens is 306 g/mol. The highest BCUT2D eigenvalue weighted by Crippen LogP contribution is 2.35. The number of methoxy groups -OCH3 is 2. The monoisotopic (exact) mass is 331 g/mol. The smallest absolute Gasteiger partial charge is 0.179 e. The standard InChI is InChI=1S/C16H26ClNO2S/c1-19-15-11-13(10-14(17)16(15)20-2)12-18-8-6-4-5-7-9-21-3/h10-11,18H,4-9,12H2,1-3H3. The van der Waals surface area contributed by atoms with Gasteiger partial charge in [0.15, 0.2) is 11.5 Å². The average Bonchev–Trinajstić information content (AvgIpc) is 2.49. The van der Waals surface area contributed by atoms with Crippen LogP contribution in [0, 0.1) is 0 Å². The van der Waals surface area contributed by atoms with E-state index >= 15 is 0 Å². The largest absolute Gasteiger partial charge is 0.493 e. The summed E-state index contributed by atoms with van der Waals surface area (Å²) in [5, 5.41) is 4.04. The summed E-state index contributed by atoms with van der Waals surface area (Å²) in [6.07, 6.45) is 7.32. The van der Waals surface area contributed by atoms with Gasteiger partial charge >= 0.3 is 0 Å². The minimum absolute atomic E-state index is 0.589. The zero-order valence-electron chi connectivity index (χ0n) is 13.2. The Morgan fingerprint density at radius 2 is 1.86 bits per heavy atom. The van der Waals surface area contributed by atoms with Gasteiger partial charge in [-0.15, -0.1) is 0 Å². The SMILES string of the molecule is COc1cc(CNCCCCCCSC)cc(Cl)c1OC. The van der Waals surface area contributed by atoms with Crippen LogP contribution >= 0.6 is 23.4 Å². The Labute approximate surface area is 137 Å². The van der Waals surface area contributed by atoms with Gasteiger partial charge in [0.25, 0.3) is 0 Å². The maximum atomic E-state index is 6.19. The lowest BCUT2D eigenvalue weighted by molar-refractivity contribution is 0.354. The van der Waals surface area contributed by atoms with Gasteiger partial charge in [-0.25, -0.2) is 0 Å². The van der Waals surface area contributed by atoms with Crippen molar-refractivity contribution in [3.63, 3.8) is 0 Å². The van der Waals surface area contributed by atoms with Gasteiger partial charge in [0, 0.05) is 6.54 Å². The van der Waals surface area contributed by atoms with Crippen LogP contribution in [0.2, 0.25) is 5.02 Å². The van der Waals surface area contributed by atoms with Gasteiger partial charge in [-0.3, -0.25) is 0 Å². The Kier molecular flexibility index (Phi) is 9.72. The van der Waals surface area contributed by atoms with Crippen LogP contribution in [-0.4, -0.2) is 32.8 Å². The molecule has 0 unspecified atom stereocenters. The van der Waals surface area contributed by atoms with Crippen LogP contribution in [0.25, 0.3) is 0 Å². The molecule has 0 saturated heterocycles. The van der Waals surface area contributed by atoms with E-state index < -0.39 is 0 Å². The molecule has 5 heteroatoms. The number of rotatable bonds is 11. The highest BCUT2D eigenvalue weighted by molar-refractivity contribution is 7.98. The molecule has 21 heavy (non-hydrogen) atoms. The molecule has 0 fully saturated rings. The Bertz CT molecular complexity index is 416. The van der Waals surface area contributed by atoms with Crippen LogP contribution in [0.15, 0.2) is 12.1 Å². The molecule has 0 aliphatic rings. The van der Waals surface area contributed by atoms with E-state index in [9.17, 15) is 0 Å². The fourth-order valence-corrected chi connectivity index (χ4v) is 2.96. The van der Waals surface area contributed by atoms with E-state index in [4.69, 9.17) is 21.1 Å². The molecule has 0 amide bonds. The zero-order valence-corrected chi connectivity index (χ0v) is 14.8. The van der Waals surface area contributed by atoms with E-state index in [1.54, 1.807) is 14.2 Å². The molecule has 0 heterocycles. The van der Waals surface area contributed by atoms with Crippen molar-refractivity contribution >= 4 is 23.4 Å². The summed E-state index contributed by atoms with van der Waals surface area (Å²) < 4.78 is 10.5. The number of halogens is 1. The maximum absolute atomic E-state index is 6.19. The lowest BCUT2D eigenvalue weighted by Gasteiger charge is -2.12. The lowest BCUT2D eigenvalue weighted by Crippen LogP contribution is -2.14. The number of nitrogens with one attached hydrogen (secondary N) is 1. The number of hydrogen-bond acceptors (Lipinski definition) is 4. The Hall–Kier alpha value is -0.580. The van der Waals surface area contributed by atoms with Gasteiger partial charge in [0.05, 0.1) is 19.2 Å². The first-order valence-electron chi connectivity index (χ1n) is 7.33. The molecule has 0 aliphatic heterocycles. The third-order valence-electron chi connectivity index (χ3n) is 3.27. The second-order valence-corrected chi connectivity index (χ2v) is 6.29. The zero-order chi connectivity index (χ0) is 15.5. The number of hydrogen-bond donors (Lipinski definition) is 1. The molecule has 1 aromatic rings. The average molecular weight is 332 g/mol. The third-order valence-corrected chi connectivity index (χ3v) is 4.25. The summed E-state index contributed by atoms with van der Waals surface area (Å²) >= 11 is 8.11. The van der Waals surface area contributed by atoms with E-state index in [0.29, 0.717) is 16.5 Å². The van der Waals surface area contributed by atoms with Crippen molar-refractivity contribution in [1.82, 2.24) is 5.32 Å². The van der Waals surface area contributed by atoms with Crippen LogP contribution in [-0.2, 0) is 6.54 Å². The Morgan fingerprint density at radius 1 is 1.10 bits per heavy atom. The molecule has 1 rings (SSSR count). The number of ether oxygens (including phenoxy) is 2. The summed E-state index contributed by atoms with van der Waals surface area (Å²) in [5.41, 5.74) is 1.11. The minimum atomic E-state index is 0.589. The second kappa shape index (κ2) is 11.0. The second-order valence-electron chi connectivity index (χ2n) is 4.90. The maximum Gasteiger partial charge on any atom is 0.179 e. The van der Waals surface area contributed by atoms with E-state index in [1.807, 2.05) is 23.9 Å². The lowest BCUT2D eigenvalue weighted by atomic mass is 10.2.